The number of nitrogens with two attached hydrogens (primary N) is 6. The molecule has 0 aliphatic rings. The minimum absolute atomic E-state index is 0. The summed E-state index contributed by atoms with van der Waals surface area (Å²) in [6, 6.07) is 0. The maximum Gasteiger partial charge on any atom is 3.00 e. The van der Waals surface area contributed by atoms with Crippen molar-refractivity contribution in [3.63, 3.8) is 0 Å². The van der Waals surface area contributed by atoms with Crippen molar-refractivity contribution in [1.29, 1.82) is 0 Å². The molecule has 0 amide bonds. The van der Waals surface area contributed by atoms with E-state index >= 15 is 0 Å². The van der Waals surface area contributed by atoms with Crippen molar-refractivity contribution in [2.45, 2.75) is 19.3 Å². The maximum absolute atomic E-state index is 5.06. The summed E-state index contributed by atoms with van der Waals surface area (Å²) in [5.74, 6) is 0. The van der Waals surface area contributed by atoms with Crippen LogP contribution in [0.3, 0.4) is 0 Å². The second-order valence-corrected chi connectivity index (χ2v) is 2.79. The van der Waals surface area contributed by atoms with Gasteiger partial charge >= 0.3 is 16.8 Å². The van der Waals surface area contributed by atoms with Gasteiger partial charge in [-0.15, -0.1) is 0 Å². The zero-order valence-corrected chi connectivity index (χ0v) is 11.2. The summed E-state index contributed by atoms with van der Waals surface area (Å²) < 4.78 is 0. The fourth-order valence-corrected chi connectivity index (χ4v) is 0.354. The minimum atomic E-state index is 0. The maximum atomic E-state index is 5.06. The molecule has 12 N–H and O–H groups in total. The molecule has 102 valence electrons. The van der Waals surface area contributed by atoms with Gasteiger partial charge in [-0.05, 0) is 58.5 Å². The molecule has 0 rings (SSSR count). The molecule has 0 spiro atoms. The third kappa shape index (κ3) is 63.9. The van der Waals surface area contributed by atoms with Gasteiger partial charge in [0, 0.05) is 0 Å². The van der Waals surface area contributed by atoms with Crippen molar-refractivity contribution in [1.82, 2.24) is 0 Å². The molecule has 6 nitrogen and oxygen atoms in total. The van der Waals surface area contributed by atoms with E-state index in [2.05, 4.69) is 0 Å². The molecular formula is C9H30CoN6+3. The summed E-state index contributed by atoms with van der Waals surface area (Å²) in [6.07, 6.45) is 2.83. The summed E-state index contributed by atoms with van der Waals surface area (Å²) >= 11 is 0. The van der Waals surface area contributed by atoms with Gasteiger partial charge < -0.3 is 34.4 Å². The van der Waals surface area contributed by atoms with Crippen molar-refractivity contribution in [3.05, 3.63) is 0 Å². The number of hydrogen-bond acceptors (Lipinski definition) is 6. The average Bonchev–Trinajstić information content (AvgIpc) is 2.23. The summed E-state index contributed by atoms with van der Waals surface area (Å²) in [5, 5.41) is 0. The predicted molar refractivity (Wildman–Crippen MR) is 68.2 cm³/mol. The molecule has 0 heterocycles. The van der Waals surface area contributed by atoms with E-state index in [9.17, 15) is 0 Å². The van der Waals surface area contributed by atoms with Gasteiger partial charge in [-0.1, -0.05) is 0 Å². The Labute approximate surface area is 110 Å². The van der Waals surface area contributed by atoms with E-state index in [4.69, 9.17) is 34.4 Å². The Morgan fingerprint density at radius 3 is 0.500 bits per heavy atom. The Bertz CT molecular complexity index is 56.8. The van der Waals surface area contributed by atoms with Gasteiger partial charge in [0.15, 0.2) is 0 Å². The number of rotatable bonds is 6. The molecule has 0 atom stereocenters. The Kier molecular flexibility index (Phi) is 57.0. The van der Waals surface area contributed by atoms with Crippen LogP contribution in [0, 0.1) is 0 Å². The van der Waals surface area contributed by atoms with Crippen LogP contribution in [0.2, 0.25) is 0 Å². The first-order chi connectivity index (χ1) is 7.24. The predicted octanol–water partition coefficient (Wildman–Crippen LogP) is -2.12. The molecule has 16 heavy (non-hydrogen) atoms. The summed E-state index contributed by atoms with van der Waals surface area (Å²) in [6.45, 7) is 4.31. The largest absolute Gasteiger partial charge is 3.00 e. The second kappa shape index (κ2) is 36.2. The summed E-state index contributed by atoms with van der Waals surface area (Å²) in [5.41, 5.74) is 30.4. The SMILES string of the molecule is NCCCN.NCCCN.NCCCN.[Co+3]. The zero-order chi connectivity index (χ0) is 12.4. The topological polar surface area (TPSA) is 156 Å². The molecule has 0 aromatic rings. The van der Waals surface area contributed by atoms with E-state index in [1.165, 1.54) is 0 Å². The average molecular weight is 281 g/mol. The summed E-state index contributed by atoms with van der Waals surface area (Å²) in [4.78, 5) is 0. The van der Waals surface area contributed by atoms with Crippen molar-refractivity contribution in [3.8, 4) is 0 Å². The molecule has 0 unspecified atom stereocenters. The normalized spacial score (nSPS) is 7.88. The van der Waals surface area contributed by atoms with Gasteiger partial charge in [0.2, 0.25) is 0 Å². The smallest absolute Gasteiger partial charge is 0.330 e. The molecule has 0 aliphatic carbocycles. The van der Waals surface area contributed by atoms with Gasteiger partial charge in [0.05, 0.1) is 0 Å². The molecule has 0 bridgehead atoms. The molecule has 0 saturated carbocycles. The van der Waals surface area contributed by atoms with Crippen LogP contribution in [0.5, 0.6) is 0 Å². The second-order valence-electron chi connectivity index (χ2n) is 2.79. The van der Waals surface area contributed by atoms with E-state index in [1.807, 2.05) is 0 Å². The molecule has 7 heteroatoms. The van der Waals surface area contributed by atoms with E-state index in [1.54, 1.807) is 0 Å². The van der Waals surface area contributed by atoms with Gasteiger partial charge in [-0.3, -0.25) is 0 Å². The Morgan fingerprint density at radius 1 is 0.375 bits per heavy atom. The van der Waals surface area contributed by atoms with Gasteiger partial charge in [-0.2, -0.15) is 0 Å². The van der Waals surface area contributed by atoms with Crippen molar-refractivity contribution in [2.75, 3.05) is 39.3 Å². The molecule has 0 radical (unpaired) electrons. The van der Waals surface area contributed by atoms with E-state index in [0.29, 0.717) is 0 Å². The Hall–Kier alpha value is 0.266. The van der Waals surface area contributed by atoms with E-state index < -0.39 is 0 Å². The molecule has 0 saturated heterocycles. The van der Waals surface area contributed by atoms with Crippen molar-refractivity contribution in [2.24, 2.45) is 34.4 Å². The first-order valence-corrected chi connectivity index (χ1v) is 5.45. The quantitative estimate of drug-likeness (QED) is 0.327. The minimum Gasteiger partial charge on any atom is -0.330 e. The Balaban J connectivity index is -0.0000000655. The molecule has 0 aromatic carbocycles. The van der Waals surface area contributed by atoms with Crippen LogP contribution in [-0.2, 0) is 16.8 Å². The van der Waals surface area contributed by atoms with Crippen molar-refractivity contribution >= 4 is 0 Å². The Morgan fingerprint density at radius 2 is 0.500 bits per heavy atom. The van der Waals surface area contributed by atoms with Crippen LogP contribution in [0.25, 0.3) is 0 Å². The van der Waals surface area contributed by atoms with Gasteiger partial charge in [0.25, 0.3) is 0 Å². The van der Waals surface area contributed by atoms with Crippen LogP contribution in [-0.4, -0.2) is 39.3 Å². The molecule has 0 aromatic heterocycles. The number of hydrogen-bond donors (Lipinski definition) is 6. The third-order valence-electron chi connectivity index (χ3n) is 1.22. The third-order valence-corrected chi connectivity index (χ3v) is 1.22. The first kappa shape index (κ1) is 25.2. The van der Waals surface area contributed by atoms with E-state index in [0.717, 1.165) is 58.5 Å². The summed E-state index contributed by atoms with van der Waals surface area (Å²) in [7, 11) is 0. The fourth-order valence-electron chi connectivity index (χ4n) is 0.354. The van der Waals surface area contributed by atoms with Gasteiger partial charge in [-0.25, -0.2) is 0 Å². The standard InChI is InChI=1S/3C3H10N2.Co/c3*4-2-1-3-5;/h3*1-5H2;/q;;;+3. The van der Waals surface area contributed by atoms with Crippen LogP contribution in [0.1, 0.15) is 19.3 Å². The fraction of sp³-hybridized carbons (Fsp3) is 1.00. The zero-order valence-electron chi connectivity index (χ0n) is 10.2. The van der Waals surface area contributed by atoms with Crippen LogP contribution in [0.15, 0.2) is 0 Å². The van der Waals surface area contributed by atoms with E-state index in [-0.39, 0.29) is 16.8 Å². The van der Waals surface area contributed by atoms with Gasteiger partial charge in [0.1, 0.15) is 0 Å². The molecular weight excluding hydrogens is 251 g/mol. The van der Waals surface area contributed by atoms with Crippen LogP contribution < -0.4 is 34.4 Å². The van der Waals surface area contributed by atoms with Crippen LogP contribution in [0.4, 0.5) is 0 Å². The van der Waals surface area contributed by atoms with Crippen LogP contribution >= 0.6 is 0 Å². The van der Waals surface area contributed by atoms with Crippen molar-refractivity contribution < 1.29 is 16.8 Å². The molecule has 0 fully saturated rings. The monoisotopic (exact) mass is 281 g/mol. The first-order valence-electron chi connectivity index (χ1n) is 5.45. The molecule has 0 aliphatic heterocycles.